The minimum Gasteiger partial charge on any atom is -0.385 e. The molecule has 1 N–H and O–H groups in total. The Labute approximate surface area is 82.0 Å². The molecule has 1 rings (SSSR count). The van der Waals surface area contributed by atoms with Crippen molar-refractivity contribution < 1.29 is 4.74 Å². The molecule has 0 heterocycles. The lowest BCUT2D eigenvalue weighted by Gasteiger charge is -2.11. The van der Waals surface area contributed by atoms with Crippen molar-refractivity contribution >= 4 is 0 Å². The van der Waals surface area contributed by atoms with Gasteiger partial charge in [-0.1, -0.05) is 6.92 Å². The first-order chi connectivity index (χ1) is 6.33. The lowest BCUT2D eigenvalue weighted by Crippen LogP contribution is -2.27. The zero-order valence-electron chi connectivity index (χ0n) is 9.01. The second-order valence-electron chi connectivity index (χ2n) is 4.27. The van der Waals surface area contributed by atoms with Gasteiger partial charge >= 0.3 is 0 Å². The topological polar surface area (TPSA) is 21.3 Å². The van der Waals surface area contributed by atoms with Gasteiger partial charge < -0.3 is 10.1 Å². The highest BCUT2D eigenvalue weighted by molar-refractivity contribution is 4.77. The Kier molecular flexibility index (Phi) is 5.40. The van der Waals surface area contributed by atoms with Crippen molar-refractivity contribution in [3.63, 3.8) is 0 Å². The Morgan fingerprint density at radius 2 is 2.15 bits per heavy atom. The van der Waals surface area contributed by atoms with Crippen LogP contribution in [0.1, 0.15) is 39.0 Å². The average molecular weight is 185 g/mol. The molecule has 0 aromatic heterocycles. The fourth-order valence-corrected chi connectivity index (χ4v) is 2.07. The fourth-order valence-electron chi connectivity index (χ4n) is 2.07. The number of ether oxygens (including phenoxy) is 1. The fraction of sp³-hybridized carbons (Fsp3) is 1.00. The van der Waals surface area contributed by atoms with Crippen LogP contribution in [-0.4, -0.2) is 26.3 Å². The predicted octanol–water partition coefficient (Wildman–Crippen LogP) is 2.19. The maximum atomic E-state index is 5.00. The van der Waals surface area contributed by atoms with E-state index in [2.05, 4.69) is 12.2 Å². The average Bonchev–Trinajstić information content (AvgIpc) is 2.51. The first-order valence-corrected chi connectivity index (χ1v) is 5.55. The third kappa shape index (κ3) is 4.63. The Morgan fingerprint density at radius 1 is 1.31 bits per heavy atom. The van der Waals surface area contributed by atoms with E-state index in [0.717, 1.165) is 18.6 Å². The Balaban J connectivity index is 1.88. The van der Waals surface area contributed by atoms with Crippen molar-refractivity contribution in [2.24, 2.45) is 5.92 Å². The number of hydrogen-bond acceptors (Lipinski definition) is 2. The van der Waals surface area contributed by atoms with E-state index in [1.807, 2.05) is 0 Å². The van der Waals surface area contributed by atoms with Crippen LogP contribution in [0.5, 0.6) is 0 Å². The van der Waals surface area contributed by atoms with E-state index >= 15 is 0 Å². The molecule has 0 unspecified atom stereocenters. The summed E-state index contributed by atoms with van der Waals surface area (Å²) >= 11 is 0. The molecule has 0 spiro atoms. The van der Waals surface area contributed by atoms with Crippen LogP contribution in [0, 0.1) is 5.92 Å². The van der Waals surface area contributed by atoms with Crippen LogP contribution in [0.25, 0.3) is 0 Å². The molecule has 0 aromatic carbocycles. The monoisotopic (exact) mass is 185 g/mol. The summed E-state index contributed by atoms with van der Waals surface area (Å²) in [6.45, 7) is 4.43. The zero-order valence-corrected chi connectivity index (χ0v) is 9.01. The van der Waals surface area contributed by atoms with Gasteiger partial charge in [0, 0.05) is 19.8 Å². The molecule has 1 aliphatic carbocycles. The van der Waals surface area contributed by atoms with Gasteiger partial charge in [-0.15, -0.1) is 0 Å². The van der Waals surface area contributed by atoms with Crippen molar-refractivity contribution in [3.8, 4) is 0 Å². The van der Waals surface area contributed by atoms with Crippen molar-refractivity contribution in [3.05, 3.63) is 0 Å². The van der Waals surface area contributed by atoms with Crippen molar-refractivity contribution in [2.75, 3.05) is 20.3 Å². The highest BCUT2D eigenvalue weighted by atomic mass is 16.5. The van der Waals surface area contributed by atoms with Crippen LogP contribution >= 0.6 is 0 Å². The van der Waals surface area contributed by atoms with E-state index in [0.29, 0.717) is 0 Å². The number of hydrogen-bond donors (Lipinski definition) is 1. The molecular weight excluding hydrogens is 162 g/mol. The van der Waals surface area contributed by atoms with Crippen LogP contribution in [0.4, 0.5) is 0 Å². The largest absolute Gasteiger partial charge is 0.385 e. The van der Waals surface area contributed by atoms with E-state index in [-0.39, 0.29) is 0 Å². The van der Waals surface area contributed by atoms with Gasteiger partial charge in [-0.05, 0) is 44.6 Å². The van der Waals surface area contributed by atoms with Crippen molar-refractivity contribution in [2.45, 2.75) is 45.1 Å². The van der Waals surface area contributed by atoms with Crippen LogP contribution in [-0.2, 0) is 4.74 Å². The minimum absolute atomic E-state index is 0.803. The molecule has 1 fully saturated rings. The smallest absolute Gasteiger partial charge is 0.0462 e. The van der Waals surface area contributed by atoms with Gasteiger partial charge in [-0.25, -0.2) is 0 Å². The van der Waals surface area contributed by atoms with Gasteiger partial charge in [-0.2, -0.15) is 0 Å². The quantitative estimate of drug-likeness (QED) is 0.640. The summed E-state index contributed by atoms with van der Waals surface area (Å²) in [5.74, 6) is 0.941. The number of unbranched alkanes of at least 4 members (excludes halogenated alkanes) is 1. The molecule has 0 radical (unpaired) electrons. The molecule has 1 aliphatic rings. The number of methoxy groups -OCH3 is 1. The Bertz CT molecular complexity index is 127. The summed E-state index contributed by atoms with van der Waals surface area (Å²) in [5.41, 5.74) is 0. The Hall–Kier alpha value is -0.0800. The maximum Gasteiger partial charge on any atom is 0.0462 e. The number of nitrogens with one attached hydrogen (secondary N) is 1. The highest BCUT2D eigenvalue weighted by Gasteiger charge is 2.19. The lowest BCUT2D eigenvalue weighted by atomic mass is 10.1. The first-order valence-electron chi connectivity index (χ1n) is 5.55. The first kappa shape index (κ1) is 11.0. The highest BCUT2D eigenvalue weighted by Crippen LogP contribution is 2.24. The Morgan fingerprint density at radius 3 is 2.77 bits per heavy atom. The molecule has 2 atom stereocenters. The van der Waals surface area contributed by atoms with Crippen molar-refractivity contribution in [1.29, 1.82) is 0 Å². The van der Waals surface area contributed by atoms with Crippen LogP contribution in [0.15, 0.2) is 0 Å². The summed E-state index contributed by atoms with van der Waals surface area (Å²) in [4.78, 5) is 0. The standard InChI is InChI=1S/C11H23NO/c1-10-5-6-11(9-10)12-7-3-4-8-13-2/h10-12H,3-9H2,1-2H3/t10-,11-/m1/s1. The van der Waals surface area contributed by atoms with E-state index in [1.54, 1.807) is 7.11 Å². The molecule has 78 valence electrons. The molecule has 1 saturated carbocycles. The molecule has 2 heteroatoms. The van der Waals surface area contributed by atoms with Gasteiger partial charge in [0.15, 0.2) is 0 Å². The summed E-state index contributed by atoms with van der Waals surface area (Å²) in [6, 6.07) is 0.803. The normalized spacial score (nSPS) is 28.2. The van der Waals surface area contributed by atoms with Crippen LogP contribution in [0.2, 0.25) is 0 Å². The predicted molar refractivity (Wildman–Crippen MR) is 55.9 cm³/mol. The molecule has 0 aliphatic heterocycles. The van der Waals surface area contributed by atoms with E-state index in [1.165, 1.54) is 38.6 Å². The second kappa shape index (κ2) is 6.39. The summed E-state index contributed by atoms with van der Waals surface area (Å²) in [5, 5.41) is 3.62. The molecule has 0 aromatic rings. The molecule has 2 nitrogen and oxygen atoms in total. The van der Waals surface area contributed by atoms with E-state index < -0.39 is 0 Å². The third-order valence-electron chi connectivity index (χ3n) is 2.90. The second-order valence-corrected chi connectivity index (χ2v) is 4.27. The van der Waals surface area contributed by atoms with E-state index in [4.69, 9.17) is 4.74 Å². The number of rotatable bonds is 6. The summed E-state index contributed by atoms with van der Waals surface area (Å²) in [6.07, 6.45) is 6.61. The lowest BCUT2D eigenvalue weighted by molar-refractivity contribution is 0.192. The van der Waals surface area contributed by atoms with Gasteiger partial charge in [0.25, 0.3) is 0 Å². The summed E-state index contributed by atoms with van der Waals surface area (Å²) < 4.78 is 5.00. The molecule has 0 saturated heterocycles. The van der Waals surface area contributed by atoms with Gasteiger partial charge in [0.05, 0.1) is 0 Å². The SMILES string of the molecule is COCCCCN[C@@H]1CC[C@@H](C)C1. The molecule has 0 amide bonds. The zero-order chi connectivity index (χ0) is 9.52. The van der Waals surface area contributed by atoms with Gasteiger partial charge in [-0.3, -0.25) is 0 Å². The molecule has 0 bridgehead atoms. The third-order valence-corrected chi connectivity index (χ3v) is 2.90. The maximum absolute atomic E-state index is 5.00. The van der Waals surface area contributed by atoms with Gasteiger partial charge in [0.2, 0.25) is 0 Å². The van der Waals surface area contributed by atoms with E-state index in [9.17, 15) is 0 Å². The van der Waals surface area contributed by atoms with Crippen LogP contribution in [0.3, 0.4) is 0 Å². The summed E-state index contributed by atoms with van der Waals surface area (Å²) in [7, 11) is 1.77. The van der Waals surface area contributed by atoms with Gasteiger partial charge in [0.1, 0.15) is 0 Å². The minimum atomic E-state index is 0.803. The van der Waals surface area contributed by atoms with Crippen molar-refractivity contribution in [1.82, 2.24) is 5.32 Å². The van der Waals surface area contributed by atoms with Crippen LogP contribution < -0.4 is 5.32 Å². The molecular formula is C11H23NO. The molecule has 13 heavy (non-hydrogen) atoms.